The molecule has 0 aromatic rings. The Hall–Kier alpha value is -0.530. The SMILES string of the molecule is C[C@@H]1CC[C@@]2(OC1)O[C@H]1C[C@H]3[C@@H]4CC[C@H]5C[C@@](C)(O)C(O)C(O)[C@]5(C)[C@H]4C(=O)C[C@]3(C)[C@H]1[C@@H]2C. The van der Waals surface area contributed by atoms with Gasteiger partial charge in [-0.2, -0.15) is 0 Å². The van der Waals surface area contributed by atoms with Gasteiger partial charge in [-0.3, -0.25) is 4.79 Å². The van der Waals surface area contributed by atoms with E-state index in [1.54, 1.807) is 6.92 Å². The molecular weight excluding hydrogens is 432 g/mol. The summed E-state index contributed by atoms with van der Waals surface area (Å²) in [6.07, 6.45) is 3.59. The molecule has 0 radical (unpaired) electrons. The normalized spacial score (nSPS) is 63.2. The van der Waals surface area contributed by atoms with Crippen molar-refractivity contribution >= 4 is 5.78 Å². The van der Waals surface area contributed by atoms with Gasteiger partial charge in [-0.05, 0) is 74.0 Å². The minimum atomic E-state index is -1.32. The van der Waals surface area contributed by atoms with E-state index in [1.807, 2.05) is 6.92 Å². The molecule has 6 heteroatoms. The summed E-state index contributed by atoms with van der Waals surface area (Å²) in [4.78, 5) is 14.0. The van der Waals surface area contributed by atoms with Crippen LogP contribution in [0.1, 0.15) is 79.6 Å². The van der Waals surface area contributed by atoms with Crippen LogP contribution in [0.15, 0.2) is 0 Å². The molecule has 0 bridgehead atoms. The fraction of sp³-hybridized carbons (Fsp3) is 0.964. The summed E-state index contributed by atoms with van der Waals surface area (Å²) in [5, 5.41) is 32.9. The van der Waals surface area contributed by atoms with Crippen molar-refractivity contribution < 1.29 is 29.6 Å². The van der Waals surface area contributed by atoms with Crippen molar-refractivity contribution in [2.75, 3.05) is 6.61 Å². The second-order valence-electron chi connectivity index (χ2n) is 14.0. The van der Waals surface area contributed by atoms with Crippen LogP contribution in [0.3, 0.4) is 0 Å². The first-order valence-electron chi connectivity index (χ1n) is 13.8. The molecule has 192 valence electrons. The number of aliphatic hydroxyl groups excluding tert-OH is 2. The highest BCUT2D eigenvalue weighted by molar-refractivity contribution is 5.84. The Kier molecular flexibility index (Phi) is 5.10. The molecule has 1 spiro atoms. The third-order valence-corrected chi connectivity index (χ3v) is 12.2. The van der Waals surface area contributed by atoms with E-state index in [1.165, 1.54) is 0 Å². The van der Waals surface area contributed by atoms with Crippen molar-refractivity contribution in [2.24, 2.45) is 52.3 Å². The monoisotopic (exact) mass is 476 g/mol. The molecule has 0 aromatic carbocycles. The van der Waals surface area contributed by atoms with Crippen LogP contribution in [0, 0.1) is 52.3 Å². The van der Waals surface area contributed by atoms with Gasteiger partial charge in [-0.15, -0.1) is 0 Å². The average Bonchev–Trinajstić information content (AvgIpc) is 3.20. The zero-order valence-corrected chi connectivity index (χ0v) is 21.5. The van der Waals surface area contributed by atoms with Gasteiger partial charge in [-0.1, -0.05) is 27.7 Å². The predicted molar refractivity (Wildman–Crippen MR) is 126 cm³/mol. The van der Waals surface area contributed by atoms with E-state index in [0.29, 0.717) is 30.6 Å². The topological polar surface area (TPSA) is 96.2 Å². The molecule has 2 saturated heterocycles. The van der Waals surface area contributed by atoms with Crippen LogP contribution in [0.2, 0.25) is 0 Å². The summed E-state index contributed by atoms with van der Waals surface area (Å²) in [5.74, 6) is 1.23. The molecule has 4 aliphatic carbocycles. The molecule has 4 saturated carbocycles. The van der Waals surface area contributed by atoms with Gasteiger partial charge in [0.2, 0.25) is 0 Å². The van der Waals surface area contributed by atoms with E-state index in [4.69, 9.17) is 9.47 Å². The van der Waals surface area contributed by atoms with Gasteiger partial charge in [0.1, 0.15) is 11.9 Å². The quantitative estimate of drug-likeness (QED) is 0.496. The Morgan fingerprint density at radius 2 is 1.76 bits per heavy atom. The van der Waals surface area contributed by atoms with Crippen molar-refractivity contribution in [2.45, 2.75) is 109 Å². The Morgan fingerprint density at radius 1 is 1.03 bits per heavy atom. The van der Waals surface area contributed by atoms with Gasteiger partial charge in [0.25, 0.3) is 0 Å². The minimum Gasteiger partial charge on any atom is -0.390 e. The average molecular weight is 477 g/mol. The largest absolute Gasteiger partial charge is 0.390 e. The van der Waals surface area contributed by atoms with Gasteiger partial charge in [0.05, 0.1) is 24.4 Å². The summed E-state index contributed by atoms with van der Waals surface area (Å²) < 4.78 is 13.2. The number of hydrogen-bond donors (Lipinski definition) is 3. The second kappa shape index (κ2) is 7.28. The molecule has 3 N–H and O–H groups in total. The smallest absolute Gasteiger partial charge is 0.171 e. The van der Waals surface area contributed by atoms with Crippen molar-refractivity contribution in [1.82, 2.24) is 0 Å². The van der Waals surface area contributed by atoms with Gasteiger partial charge >= 0.3 is 0 Å². The maximum atomic E-state index is 14.0. The number of hydrogen-bond acceptors (Lipinski definition) is 6. The third-order valence-electron chi connectivity index (χ3n) is 12.2. The first-order chi connectivity index (χ1) is 15.8. The highest BCUT2D eigenvalue weighted by atomic mass is 16.7. The first kappa shape index (κ1) is 23.8. The van der Waals surface area contributed by atoms with Crippen LogP contribution in [0.25, 0.3) is 0 Å². The fourth-order valence-corrected chi connectivity index (χ4v) is 10.4. The van der Waals surface area contributed by atoms with E-state index < -0.39 is 29.0 Å². The molecule has 6 nitrogen and oxygen atoms in total. The summed E-state index contributed by atoms with van der Waals surface area (Å²) >= 11 is 0. The van der Waals surface area contributed by atoms with Crippen molar-refractivity contribution in [3.8, 4) is 0 Å². The lowest BCUT2D eigenvalue weighted by atomic mass is 9.42. The number of carbonyl (C=O) groups is 1. The molecule has 6 fully saturated rings. The lowest BCUT2D eigenvalue weighted by Crippen LogP contribution is -2.68. The maximum absolute atomic E-state index is 14.0. The molecule has 34 heavy (non-hydrogen) atoms. The van der Waals surface area contributed by atoms with Gasteiger partial charge < -0.3 is 24.8 Å². The lowest BCUT2D eigenvalue weighted by molar-refractivity contribution is -0.274. The summed E-state index contributed by atoms with van der Waals surface area (Å²) in [6.45, 7) is 11.2. The molecular formula is C28H44O6. The number of ether oxygens (including phenoxy) is 2. The van der Waals surface area contributed by atoms with Crippen molar-refractivity contribution in [3.63, 3.8) is 0 Å². The van der Waals surface area contributed by atoms with E-state index in [0.717, 1.165) is 38.7 Å². The number of rotatable bonds is 0. The van der Waals surface area contributed by atoms with Crippen molar-refractivity contribution in [3.05, 3.63) is 0 Å². The second-order valence-corrected chi connectivity index (χ2v) is 14.0. The van der Waals surface area contributed by atoms with Crippen LogP contribution in [0.4, 0.5) is 0 Å². The van der Waals surface area contributed by atoms with Crippen LogP contribution in [-0.4, -0.2) is 57.4 Å². The zero-order chi connectivity index (χ0) is 24.4. The number of fused-ring (bicyclic) bond motifs is 7. The van der Waals surface area contributed by atoms with E-state index in [2.05, 4.69) is 20.8 Å². The molecule has 2 heterocycles. The van der Waals surface area contributed by atoms with Crippen LogP contribution in [0.5, 0.6) is 0 Å². The molecule has 0 amide bonds. The summed E-state index contributed by atoms with van der Waals surface area (Å²) in [7, 11) is 0. The number of Topliss-reactive ketones (excluding diaryl/α,β-unsaturated/α-hetero) is 1. The van der Waals surface area contributed by atoms with Crippen LogP contribution < -0.4 is 0 Å². The molecule has 6 rings (SSSR count). The van der Waals surface area contributed by atoms with Crippen LogP contribution in [-0.2, 0) is 14.3 Å². The zero-order valence-electron chi connectivity index (χ0n) is 21.5. The lowest BCUT2D eigenvalue weighted by Gasteiger charge is -2.63. The fourth-order valence-electron chi connectivity index (χ4n) is 10.4. The first-order valence-corrected chi connectivity index (χ1v) is 13.8. The Labute approximate surface area is 203 Å². The van der Waals surface area contributed by atoms with Gasteiger partial charge in [-0.25, -0.2) is 0 Å². The third kappa shape index (κ3) is 2.84. The summed E-state index contributed by atoms with van der Waals surface area (Å²) in [6, 6.07) is 0. The predicted octanol–water partition coefficient (Wildman–Crippen LogP) is 3.30. The van der Waals surface area contributed by atoms with Gasteiger partial charge in [0.15, 0.2) is 5.79 Å². The maximum Gasteiger partial charge on any atom is 0.171 e. The van der Waals surface area contributed by atoms with Crippen LogP contribution >= 0.6 is 0 Å². The molecule has 0 aromatic heterocycles. The molecule has 2 aliphatic heterocycles. The minimum absolute atomic E-state index is 0.0347. The number of aliphatic hydroxyl groups is 3. The van der Waals surface area contributed by atoms with E-state index in [9.17, 15) is 20.1 Å². The highest BCUT2D eigenvalue weighted by Crippen LogP contribution is 2.70. The Morgan fingerprint density at radius 3 is 2.44 bits per heavy atom. The molecule has 6 aliphatic rings. The number of carbonyl (C=O) groups excluding carboxylic acids is 1. The molecule has 2 unspecified atom stereocenters. The van der Waals surface area contributed by atoms with Gasteiger partial charge in [0, 0.05) is 30.1 Å². The standard InChI is InChI=1S/C28H44O6/c1-14-8-9-28(33-13-14)15(2)21-20(34-28)10-18-17-7-6-16-11-26(4,32)23(30)24(31)27(16,5)22(17)19(29)12-25(18,21)3/h14-18,20-24,30-32H,6-13H2,1-5H3/t14-,15+,16+,17+,18+,20+,21+,22-,23?,24?,25+,26-,27+,28-/m1/s1. The van der Waals surface area contributed by atoms with E-state index in [-0.39, 0.29) is 41.0 Å². The van der Waals surface area contributed by atoms with Crippen molar-refractivity contribution in [1.29, 1.82) is 0 Å². The summed E-state index contributed by atoms with van der Waals surface area (Å²) in [5.41, 5.74) is -2.13. The Balaban J connectivity index is 1.32. The highest BCUT2D eigenvalue weighted by Gasteiger charge is 2.72. The number of ketones is 1. The van der Waals surface area contributed by atoms with E-state index >= 15 is 0 Å². The molecule has 14 atom stereocenters. The Bertz CT molecular complexity index is 859.